The van der Waals surface area contributed by atoms with E-state index in [1.54, 1.807) is 6.20 Å². The Bertz CT molecular complexity index is 1120. The highest BCUT2D eigenvalue weighted by Gasteiger charge is 2.24. The van der Waals surface area contributed by atoms with Gasteiger partial charge in [0.15, 0.2) is 0 Å². The Balaban J connectivity index is 1.62. The molecule has 0 saturated carbocycles. The van der Waals surface area contributed by atoms with E-state index in [2.05, 4.69) is 38.4 Å². The van der Waals surface area contributed by atoms with Gasteiger partial charge in [0.2, 0.25) is 5.88 Å². The summed E-state index contributed by atoms with van der Waals surface area (Å²) in [4.78, 5) is 23.0. The number of methoxy groups -OCH3 is 1. The third-order valence-electron chi connectivity index (χ3n) is 5.87. The molecular formula is C25H32N4O3. The summed E-state index contributed by atoms with van der Waals surface area (Å²) in [7, 11) is 1.52. The zero-order valence-corrected chi connectivity index (χ0v) is 19.2. The number of aliphatic hydroxyl groups excluding tert-OH is 1. The van der Waals surface area contributed by atoms with Gasteiger partial charge in [0, 0.05) is 46.5 Å². The normalized spacial score (nSPS) is 17.1. The maximum atomic E-state index is 12.8. The summed E-state index contributed by atoms with van der Waals surface area (Å²) < 4.78 is 5.33. The van der Waals surface area contributed by atoms with E-state index in [0.29, 0.717) is 11.4 Å². The Kier molecular flexibility index (Phi) is 6.22. The molecule has 0 aliphatic carbocycles. The van der Waals surface area contributed by atoms with Gasteiger partial charge in [-0.3, -0.25) is 9.69 Å². The molecule has 1 aliphatic heterocycles. The molecule has 170 valence electrons. The van der Waals surface area contributed by atoms with Crippen LogP contribution in [0, 0.1) is 0 Å². The molecule has 7 heteroatoms. The van der Waals surface area contributed by atoms with E-state index in [1.807, 2.05) is 32.9 Å². The van der Waals surface area contributed by atoms with Crippen LogP contribution in [0.1, 0.15) is 49.7 Å². The fourth-order valence-corrected chi connectivity index (χ4v) is 4.33. The van der Waals surface area contributed by atoms with Crippen LogP contribution in [-0.4, -0.2) is 57.7 Å². The number of pyridine rings is 1. The van der Waals surface area contributed by atoms with Gasteiger partial charge in [-0.15, -0.1) is 0 Å². The predicted molar refractivity (Wildman–Crippen MR) is 126 cm³/mol. The van der Waals surface area contributed by atoms with Crippen molar-refractivity contribution in [2.24, 2.45) is 0 Å². The van der Waals surface area contributed by atoms with E-state index in [-0.39, 0.29) is 24.1 Å². The quantitative estimate of drug-likeness (QED) is 0.548. The lowest BCUT2D eigenvalue weighted by Crippen LogP contribution is -2.40. The van der Waals surface area contributed by atoms with Gasteiger partial charge < -0.3 is 20.1 Å². The lowest BCUT2D eigenvalue weighted by molar-refractivity contribution is 0.0915. The average molecular weight is 437 g/mol. The molecule has 0 spiro atoms. The Morgan fingerprint density at radius 3 is 2.81 bits per heavy atom. The van der Waals surface area contributed by atoms with Crippen LogP contribution in [0.2, 0.25) is 0 Å². The molecule has 0 radical (unpaired) electrons. The van der Waals surface area contributed by atoms with Gasteiger partial charge in [0.25, 0.3) is 5.91 Å². The van der Waals surface area contributed by atoms with Gasteiger partial charge >= 0.3 is 0 Å². The minimum absolute atomic E-state index is 0.208. The molecule has 1 amide bonds. The van der Waals surface area contributed by atoms with Crippen molar-refractivity contribution in [3.63, 3.8) is 0 Å². The maximum absolute atomic E-state index is 12.8. The van der Waals surface area contributed by atoms with Crippen LogP contribution in [0.5, 0.6) is 5.88 Å². The van der Waals surface area contributed by atoms with Crippen molar-refractivity contribution in [2.45, 2.75) is 51.7 Å². The maximum Gasteiger partial charge on any atom is 0.257 e. The van der Waals surface area contributed by atoms with Crippen molar-refractivity contribution in [3.05, 3.63) is 47.8 Å². The van der Waals surface area contributed by atoms with Crippen LogP contribution in [0.4, 0.5) is 0 Å². The number of amides is 1. The zero-order valence-electron chi connectivity index (χ0n) is 19.2. The van der Waals surface area contributed by atoms with Crippen molar-refractivity contribution in [1.29, 1.82) is 0 Å². The number of benzene rings is 1. The summed E-state index contributed by atoms with van der Waals surface area (Å²) in [6.07, 6.45) is 3.92. The molecule has 3 heterocycles. The first-order chi connectivity index (χ1) is 15.3. The zero-order chi connectivity index (χ0) is 22.9. The highest BCUT2D eigenvalue weighted by atomic mass is 16.5. The summed E-state index contributed by atoms with van der Waals surface area (Å²) in [5.74, 6) is 0.0994. The van der Waals surface area contributed by atoms with Crippen molar-refractivity contribution < 1.29 is 14.6 Å². The molecular weight excluding hydrogens is 404 g/mol. The first-order valence-electron chi connectivity index (χ1n) is 11.1. The number of nitrogens with zero attached hydrogens (tertiary/aromatic N) is 2. The second-order valence-corrected chi connectivity index (χ2v) is 9.53. The predicted octanol–water partition coefficient (Wildman–Crippen LogP) is 3.72. The van der Waals surface area contributed by atoms with Gasteiger partial charge in [-0.25, -0.2) is 4.98 Å². The number of ether oxygens (including phenoxy) is 1. The second kappa shape index (κ2) is 8.92. The standard InChI is InChI=1S/C25H32N4O3/c1-25(2,3)28-23(31)21-12-18(13-26-24(21)32-4)16-7-8-22-17(10-16)11-19(27-22)14-29-9-5-6-20(29)15-30/h7-8,10-13,20,27,30H,5-6,9,14-15H2,1-4H3,(H,28,31)/t20-/m1/s1. The number of H-pyrrole nitrogens is 1. The number of aliphatic hydroxyl groups is 1. The van der Waals surface area contributed by atoms with E-state index in [4.69, 9.17) is 4.74 Å². The van der Waals surface area contributed by atoms with Gasteiger partial charge in [-0.2, -0.15) is 0 Å². The van der Waals surface area contributed by atoms with E-state index in [1.165, 1.54) is 7.11 Å². The number of carbonyl (C=O) groups is 1. The number of fused-ring (bicyclic) bond motifs is 1. The number of likely N-dealkylation sites (tertiary alicyclic amines) is 1. The lowest BCUT2D eigenvalue weighted by Gasteiger charge is -2.21. The van der Waals surface area contributed by atoms with Crippen LogP contribution in [-0.2, 0) is 6.54 Å². The SMILES string of the molecule is COc1ncc(-c2ccc3[nH]c(CN4CCC[C@@H]4CO)cc3c2)cc1C(=O)NC(C)(C)C. The molecule has 0 bridgehead atoms. The monoisotopic (exact) mass is 436 g/mol. The summed E-state index contributed by atoms with van der Waals surface area (Å²) in [6.45, 7) is 7.85. The summed E-state index contributed by atoms with van der Waals surface area (Å²) >= 11 is 0. The Morgan fingerprint density at radius 2 is 2.09 bits per heavy atom. The van der Waals surface area contributed by atoms with Crippen LogP contribution < -0.4 is 10.1 Å². The summed E-state index contributed by atoms with van der Waals surface area (Å²) in [5, 5.41) is 13.7. The van der Waals surface area contributed by atoms with Crippen LogP contribution in [0.15, 0.2) is 36.5 Å². The van der Waals surface area contributed by atoms with Crippen molar-refractivity contribution >= 4 is 16.8 Å². The molecule has 3 N–H and O–H groups in total. The molecule has 1 fully saturated rings. The highest BCUT2D eigenvalue weighted by Crippen LogP contribution is 2.29. The van der Waals surface area contributed by atoms with Crippen molar-refractivity contribution in [3.8, 4) is 17.0 Å². The molecule has 1 atom stereocenters. The average Bonchev–Trinajstić information content (AvgIpc) is 3.37. The van der Waals surface area contributed by atoms with Crippen LogP contribution in [0.3, 0.4) is 0 Å². The van der Waals surface area contributed by atoms with E-state index in [0.717, 1.165) is 53.7 Å². The van der Waals surface area contributed by atoms with Crippen LogP contribution in [0.25, 0.3) is 22.0 Å². The first kappa shape index (κ1) is 22.3. The van der Waals surface area contributed by atoms with Crippen molar-refractivity contribution in [2.75, 3.05) is 20.3 Å². The number of hydrogen-bond acceptors (Lipinski definition) is 5. The summed E-state index contributed by atoms with van der Waals surface area (Å²) in [6, 6.07) is 10.4. The molecule has 0 unspecified atom stereocenters. The number of carbonyl (C=O) groups excluding carboxylic acids is 1. The molecule has 1 aliphatic rings. The molecule has 2 aromatic heterocycles. The van der Waals surface area contributed by atoms with Crippen LogP contribution >= 0.6 is 0 Å². The fraction of sp³-hybridized carbons (Fsp3) is 0.440. The summed E-state index contributed by atoms with van der Waals surface area (Å²) in [5.41, 5.74) is 4.10. The van der Waals surface area contributed by atoms with Gasteiger partial charge in [0.1, 0.15) is 5.56 Å². The molecule has 3 aromatic rings. The molecule has 7 nitrogen and oxygen atoms in total. The lowest BCUT2D eigenvalue weighted by atomic mass is 10.0. The number of hydrogen-bond donors (Lipinski definition) is 3. The second-order valence-electron chi connectivity index (χ2n) is 9.53. The van der Waals surface area contributed by atoms with E-state index in [9.17, 15) is 9.90 Å². The first-order valence-corrected chi connectivity index (χ1v) is 11.1. The van der Waals surface area contributed by atoms with Gasteiger partial charge in [-0.1, -0.05) is 6.07 Å². The molecule has 1 aromatic carbocycles. The third-order valence-corrected chi connectivity index (χ3v) is 5.87. The third kappa shape index (κ3) is 4.79. The molecule has 1 saturated heterocycles. The Labute approximate surface area is 188 Å². The topological polar surface area (TPSA) is 90.5 Å². The number of aromatic amines is 1. The van der Waals surface area contributed by atoms with Crippen molar-refractivity contribution in [1.82, 2.24) is 20.2 Å². The minimum atomic E-state index is -0.358. The van der Waals surface area contributed by atoms with E-state index < -0.39 is 0 Å². The van der Waals surface area contributed by atoms with E-state index >= 15 is 0 Å². The largest absolute Gasteiger partial charge is 0.480 e. The number of nitrogens with one attached hydrogen (secondary N) is 2. The number of rotatable bonds is 6. The minimum Gasteiger partial charge on any atom is -0.480 e. The Hall–Kier alpha value is -2.90. The Morgan fingerprint density at radius 1 is 1.28 bits per heavy atom. The highest BCUT2D eigenvalue weighted by molar-refractivity contribution is 5.98. The fourth-order valence-electron chi connectivity index (χ4n) is 4.33. The molecule has 4 rings (SSSR count). The molecule has 32 heavy (non-hydrogen) atoms. The smallest absolute Gasteiger partial charge is 0.257 e. The number of aromatic nitrogens is 2. The van der Waals surface area contributed by atoms with Gasteiger partial charge in [-0.05, 0) is 70.0 Å². The van der Waals surface area contributed by atoms with Gasteiger partial charge in [0.05, 0.1) is 13.7 Å².